The molecule has 0 atom stereocenters. The summed E-state index contributed by atoms with van der Waals surface area (Å²) in [6.07, 6.45) is 4.81. The summed E-state index contributed by atoms with van der Waals surface area (Å²) in [6.45, 7) is 0. The van der Waals surface area contributed by atoms with Crippen LogP contribution in [0.1, 0.15) is 0 Å². The van der Waals surface area contributed by atoms with E-state index in [0.29, 0.717) is 11.5 Å². The highest BCUT2D eigenvalue weighted by molar-refractivity contribution is 5.38. The summed E-state index contributed by atoms with van der Waals surface area (Å²) in [6, 6.07) is 0. The molecular formula is C5H5N5. The van der Waals surface area contributed by atoms with Crippen LogP contribution in [0.25, 0.3) is 5.65 Å². The highest BCUT2D eigenvalue weighted by atomic mass is 15.2. The highest BCUT2D eigenvalue weighted by Crippen LogP contribution is 1.98. The third-order valence-electron chi connectivity index (χ3n) is 1.20. The number of aromatic nitrogens is 4. The SMILES string of the molecule is Nc1cn2cnnc2cn1. The Balaban J connectivity index is 2.86. The lowest BCUT2D eigenvalue weighted by atomic mass is 10.6. The van der Waals surface area contributed by atoms with E-state index in [1.807, 2.05) is 0 Å². The molecule has 0 amide bonds. The lowest BCUT2D eigenvalue weighted by Crippen LogP contribution is -1.92. The van der Waals surface area contributed by atoms with Crippen molar-refractivity contribution in [2.75, 3.05) is 5.73 Å². The van der Waals surface area contributed by atoms with Gasteiger partial charge in [0.15, 0.2) is 5.65 Å². The molecule has 0 bridgehead atoms. The Bertz CT molecular complexity index is 352. The van der Waals surface area contributed by atoms with E-state index in [1.54, 1.807) is 23.1 Å². The summed E-state index contributed by atoms with van der Waals surface area (Å²) >= 11 is 0. The molecule has 0 radical (unpaired) electrons. The predicted octanol–water partition coefficient (Wildman–Crippen LogP) is -0.294. The van der Waals surface area contributed by atoms with Crippen LogP contribution in [0, 0.1) is 0 Å². The van der Waals surface area contributed by atoms with Crippen LogP contribution in [-0.2, 0) is 0 Å². The van der Waals surface area contributed by atoms with Gasteiger partial charge in [-0.15, -0.1) is 10.2 Å². The molecule has 0 saturated heterocycles. The molecule has 0 aromatic carbocycles. The molecule has 0 aliphatic heterocycles. The van der Waals surface area contributed by atoms with Gasteiger partial charge in [0.2, 0.25) is 0 Å². The Labute approximate surface area is 56.5 Å². The van der Waals surface area contributed by atoms with Crippen LogP contribution in [0.4, 0.5) is 5.82 Å². The number of nitrogens with zero attached hydrogens (tertiary/aromatic N) is 4. The Kier molecular flexibility index (Phi) is 0.858. The molecule has 0 spiro atoms. The van der Waals surface area contributed by atoms with Gasteiger partial charge in [0.05, 0.1) is 12.4 Å². The summed E-state index contributed by atoms with van der Waals surface area (Å²) in [5.74, 6) is 0.465. The van der Waals surface area contributed by atoms with Crippen molar-refractivity contribution in [3.8, 4) is 0 Å². The average molecular weight is 135 g/mol. The van der Waals surface area contributed by atoms with Gasteiger partial charge in [-0.25, -0.2) is 4.98 Å². The maximum Gasteiger partial charge on any atom is 0.179 e. The lowest BCUT2D eigenvalue weighted by Gasteiger charge is -1.90. The van der Waals surface area contributed by atoms with Gasteiger partial charge in [-0.3, -0.25) is 4.40 Å². The highest BCUT2D eigenvalue weighted by Gasteiger charge is 1.93. The molecule has 0 unspecified atom stereocenters. The Morgan fingerprint density at radius 2 is 2.40 bits per heavy atom. The molecule has 2 N–H and O–H groups in total. The standard InChI is InChI=1S/C5H5N5/c6-4-2-10-3-8-9-5(10)1-7-4/h1-3H,6H2. The van der Waals surface area contributed by atoms with E-state index in [2.05, 4.69) is 15.2 Å². The predicted molar refractivity (Wildman–Crippen MR) is 35.2 cm³/mol. The second kappa shape index (κ2) is 1.66. The normalized spacial score (nSPS) is 10.4. The van der Waals surface area contributed by atoms with Crippen molar-refractivity contribution in [3.05, 3.63) is 18.7 Å². The molecule has 2 rings (SSSR count). The Morgan fingerprint density at radius 1 is 1.50 bits per heavy atom. The van der Waals surface area contributed by atoms with Crippen LogP contribution in [0.5, 0.6) is 0 Å². The smallest absolute Gasteiger partial charge is 0.179 e. The van der Waals surface area contributed by atoms with E-state index >= 15 is 0 Å². The molecule has 50 valence electrons. The zero-order valence-electron chi connectivity index (χ0n) is 5.10. The fourth-order valence-corrected chi connectivity index (χ4v) is 0.751. The van der Waals surface area contributed by atoms with Gasteiger partial charge >= 0.3 is 0 Å². The summed E-state index contributed by atoms with van der Waals surface area (Å²) in [5.41, 5.74) is 6.10. The first-order valence-electron chi connectivity index (χ1n) is 2.77. The number of nitrogens with two attached hydrogens (primary N) is 1. The third-order valence-corrected chi connectivity index (χ3v) is 1.20. The van der Waals surface area contributed by atoms with Crippen LogP contribution < -0.4 is 5.73 Å². The van der Waals surface area contributed by atoms with Gasteiger partial charge in [-0.1, -0.05) is 0 Å². The second-order valence-electron chi connectivity index (χ2n) is 1.91. The van der Waals surface area contributed by atoms with Crippen molar-refractivity contribution in [3.63, 3.8) is 0 Å². The van der Waals surface area contributed by atoms with Gasteiger partial charge in [-0.05, 0) is 0 Å². The van der Waals surface area contributed by atoms with E-state index in [1.165, 1.54) is 0 Å². The first-order valence-corrected chi connectivity index (χ1v) is 2.77. The van der Waals surface area contributed by atoms with Gasteiger partial charge in [-0.2, -0.15) is 0 Å². The van der Waals surface area contributed by atoms with Crippen molar-refractivity contribution >= 4 is 11.5 Å². The van der Waals surface area contributed by atoms with Crippen LogP contribution in [0.15, 0.2) is 18.7 Å². The number of fused-ring (bicyclic) bond motifs is 1. The quantitative estimate of drug-likeness (QED) is 0.538. The molecule has 0 fully saturated rings. The fraction of sp³-hybridized carbons (Fsp3) is 0. The van der Waals surface area contributed by atoms with Crippen LogP contribution in [-0.4, -0.2) is 19.6 Å². The molecule has 2 heterocycles. The third kappa shape index (κ3) is 0.604. The summed E-state index contributed by atoms with van der Waals surface area (Å²) in [7, 11) is 0. The van der Waals surface area contributed by atoms with Crippen molar-refractivity contribution in [2.45, 2.75) is 0 Å². The Hall–Kier alpha value is -1.65. The summed E-state index contributed by atoms with van der Waals surface area (Å²) in [4.78, 5) is 3.83. The summed E-state index contributed by atoms with van der Waals surface area (Å²) < 4.78 is 1.71. The molecule has 0 aliphatic carbocycles. The zero-order valence-corrected chi connectivity index (χ0v) is 5.10. The first-order chi connectivity index (χ1) is 4.86. The van der Waals surface area contributed by atoms with Crippen LogP contribution >= 0.6 is 0 Å². The minimum atomic E-state index is 0.465. The first kappa shape index (κ1) is 5.16. The van der Waals surface area contributed by atoms with Crippen molar-refractivity contribution in [1.29, 1.82) is 0 Å². The Morgan fingerprint density at radius 3 is 3.30 bits per heavy atom. The van der Waals surface area contributed by atoms with Gasteiger partial charge in [0.1, 0.15) is 12.1 Å². The molecule has 0 aliphatic rings. The van der Waals surface area contributed by atoms with Crippen molar-refractivity contribution < 1.29 is 0 Å². The zero-order chi connectivity index (χ0) is 6.97. The topological polar surface area (TPSA) is 69.1 Å². The van der Waals surface area contributed by atoms with Crippen molar-refractivity contribution in [2.24, 2.45) is 0 Å². The molecule has 0 saturated carbocycles. The number of hydrogen-bond acceptors (Lipinski definition) is 4. The molecule has 5 nitrogen and oxygen atoms in total. The molecule has 2 aromatic heterocycles. The maximum atomic E-state index is 5.40. The van der Waals surface area contributed by atoms with Gasteiger partial charge in [0.25, 0.3) is 0 Å². The fourth-order valence-electron chi connectivity index (χ4n) is 0.751. The number of rotatable bonds is 0. The molecular weight excluding hydrogens is 130 g/mol. The average Bonchev–Trinajstić information content (AvgIpc) is 2.33. The summed E-state index contributed by atoms with van der Waals surface area (Å²) in [5, 5.41) is 7.41. The monoisotopic (exact) mass is 135 g/mol. The number of hydrogen-bond donors (Lipinski definition) is 1. The van der Waals surface area contributed by atoms with E-state index in [9.17, 15) is 0 Å². The van der Waals surface area contributed by atoms with E-state index in [0.717, 1.165) is 0 Å². The van der Waals surface area contributed by atoms with Crippen LogP contribution in [0.2, 0.25) is 0 Å². The van der Waals surface area contributed by atoms with Gasteiger partial charge < -0.3 is 5.73 Å². The number of anilines is 1. The van der Waals surface area contributed by atoms with Gasteiger partial charge in [0, 0.05) is 0 Å². The maximum absolute atomic E-state index is 5.40. The van der Waals surface area contributed by atoms with E-state index in [-0.39, 0.29) is 0 Å². The van der Waals surface area contributed by atoms with Crippen molar-refractivity contribution in [1.82, 2.24) is 19.6 Å². The minimum Gasteiger partial charge on any atom is -0.382 e. The lowest BCUT2D eigenvalue weighted by molar-refractivity contribution is 1.10. The van der Waals surface area contributed by atoms with E-state index < -0.39 is 0 Å². The second-order valence-corrected chi connectivity index (χ2v) is 1.91. The number of nitrogen functional groups attached to an aromatic ring is 1. The molecule has 2 aromatic rings. The molecule has 10 heavy (non-hydrogen) atoms. The molecule has 5 heteroatoms. The van der Waals surface area contributed by atoms with Crippen LogP contribution in [0.3, 0.4) is 0 Å². The van der Waals surface area contributed by atoms with E-state index in [4.69, 9.17) is 5.73 Å². The largest absolute Gasteiger partial charge is 0.382 e. The minimum absolute atomic E-state index is 0.465.